The first kappa shape index (κ1) is 9.78. The third kappa shape index (κ3) is 1.61. The van der Waals surface area contributed by atoms with E-state index in [0.717, 1.165) is 16.3 Å². The number of phenols is 1. The van der Waals surface area contributed by atoms with Gasteiger partial charge in [-0.15, -0.1) is 6.58 Å². The smallest absolute Gasteiger partial charge is 0.119 e. The van der Waals surface area contributed by atoms with E-state index in [9.17, 15) is 5.11 Å². The van der Waals surface area contributed by atoms with Crippen LogP contribution in [0.2, 0.25) is 0 Å². The van der Waals surface area contributed by atoms with Crippen LogP contribution in [-0.4, -0.2) is 5.11 Å². The van der Waals surface area contributed by atoms with Crippen LogP contribution in [0.3, 0.4) is 0 Å². The van der Waals surface area contributed by atoms with Gasteiger partial charge >= 0.3 is 0 Å². The molecule has 0 amide bonds. The van der Waals surface area contributed by atoms with Gasteiger partial charge in [-0.2, -0.15) is 0 Å². The topological polar surface area (TPSA) is 20.2 Å². The summed E-state index contributed by atoms with van der Waals surface area (Å²) in [4.78, 5) is 0. The number of allylic oxidation sites excluding steroid dienone is 1. The van der Waals surface area contributed by atoms with Gasteiger partial charge in [0.25, 0.3) is 0 Å². The molecule has 0 aliphatic rings. The Kier molecular flexibility index (Phi) is 2.46. The molecular formula is C14H14O. The Hall–Kier alpha value is -1.76. The Morgan fingerprint density at radius 1 is 1.20 bits per heavy atom. The second kappa shape index (κ2) is 3.77. The van der Waals surface area contributed by atoms with E-state index < -0.39 is 0 Å². The van der Waals surface area contributed by atoms with Crippen LogP contribution in [0.1, 0.15) is 18.4 Å². The number of phenolic OH excluding ortho intramolecular Hbond substituents is 1. The van der Waals surface area contributed by atoms with Crippen LogP contribution in [0.4, 0.5) is 0 Å². The van der Waals surface area contributed by atoms with Gasteiger partial charge in [0, 0.05) is 11.5 Å². The van der Waals surface area contributed by atoms with Gasteiger partial charge in [0.1, 0.15) is 5.75 Å². The predicted molar refractivity (Wildman–Crippen MR) is 64.2 cm³/mol. The minimum Gasteiger partial charge on any atom is -0.508 e. The average molecular weight is 198 g/mol. The van der Waals surface area contributed by atoms with Gasteiger partial charge in [-0.05, 0) is 16.8 Å². The van der Waals surface area contributed by atoms with Gasteiger partial charge in [-0.1, -0.05) is 43.3 Å². The van der Waals surface area contributed by atoms with Gasteiger partial charge < -0.3 is 5.11 Å². The molecule has 1 nitrogen and oxygen atoms in total. The SMILES string of the molecule is C=CC(C)c1c(O)ccc2ccccc12. The number of benzene rings is 2. The molecule has 0 aliphatic carbocycles. The normalized spacial score (nSPS) is 12.6. The van der Waals surface area contributed by atoms with Crippen molar-refractivity contribution in [1.82, 2.24) is 0 Å². The Balaban J connectivity index is 2.79. The number of rotatable bonds is 2. The third-order valence-corrected chi connectivity index (χ3v) is 2.76. The van der Waals surface area contributed by atoms with Gasteiger partial charge in [-0.25, -0.2) is 0 Å². The molecule has 0 spiro atoms. The molecule has 0 fully saturated rings. The molecule has 0 radical (unpaired) electrons. The van der Waals surface area contributed by atoms with Crippen molar-refractivity contribution in [1.29, 1.82) is 0 Å². The molecule has 2 rings (SSSR count). The standard InChI is InChI=1S/C14H14O/c1-3-10(2)14-12-7-5-4-6-11(12)8-9-13(14)15/h3-10,15H,1H2,2H3. The summed E-state index contributed by atoms with van der Waals surface area (Å²) >= 11 is 0. The predicted octanol–water partition coefficient (Wildman–Crippen LogP) is 3.83. The van der Waals surface area contributed by atoms with Crippen LogP contribution in [0.5, 0.6) is 5.75 Å². The number of fused-ring (bicyclic) bond motifs is 1. The highest BCUT2D eigenvalue weighted by Crippen LogP contribution is 2.33. The summed E-state index contributed by atoms with van der Waals surface area (Å²) in [6.07, 6.45) is 1.85. The molecule has 0 bridgehead atoms. The lowest BCUT2D eigenvalue weighted by molar-refractivity contribution is 0.468. The summed E-state index contributed by atoms with van der Waals surface area (Å²) in [6, 6.07) is 11.8. The van der Waals surface area contributed by atoms with Crippen molar-refractivity contribution in [3.8, 4) is 5.75 Å². The van der Waals surface area contributed by atoms with Crippen molar-refractivity contribution < 1.29 is 5.11 Å². The monoisotopic (exact) mass is 198 g/mol. The zero-order chi connectivity index (χ0) is 10.8. The Labute approximate surface area is 89.7 Å². The van der Waals surface area contributed by atoms with Crippen molar-refractivity contribution in [2.24, 2.45) is 0 Å². The number of hydrogen-bond donors (Lipinski definition) is 1. The Bertz CT molecular complexity index is 500. The molecule has 1 N–H and O–H groups in total. The number of aromatic hydroxyl groups is 1. The highest BCUT2D eigenvalue weighted by atomic mass is 16.3. The molecule has 1 unspecified atom stereocenters. The van der Waals surface area contributed by atoms with E-state index in [2.05, 4.69) is 6.58 Å². The highest BCUT2D eigenvalue weighted by molar-refractivity contribution is 5.88. The minimum absolute atomic E-state index is 0.163. The fraction of sp³-hybridized carbons (Fsp3) is 0.143. The van der Waals surface area contributed by atoms with Gasteiger partial charge in [0.2, 0.25) is 0 Å². The maximum absolute atomic E-state index is 9.86. The lowest BCUT2D eigenvalue weighted by Gasteiger charge is -2.12. The second-order valence-electron chi connectivity index (χ2n) is 3.74. The van der Waals surface area contributed by atoms with Crippen molar-refractivity contribution in [2.45, 2.75) is 12.8 Å². The van der Waals surface area contributed by atoms with E-state index in [0.29, 0.717) is 5.75 Å². The molecular weight excluding hydrogens is 184 g/mol. The zero-order valence-electron chi connectivity index (χ0n) is 8.77. The third-order valence-electron chi connectivity index (χ3n) is 2.76. The van der Waals surface area contributed by atoms with Gasteiger partial charge in [-0.3, -0.25) is 0 Å². The van der Waals surface area contributed by atoms with Crippen LogP contribution in [0, 0.1) is 0 Å². The van der Waals surface area contributed by atoms with Crippen LogP contribution in [-0.2, 0) is 0 Å². The maximum Gasteiger partial charge on any atom is 0.119 e. The molecule has 76 valence electrons. The number of hydrogen-bond acceptors (Lipinski definition) is 1. The second-order valence-corrected chi connectivity index (χ2v) is 3.74. The molecule has 0 aromatic heterocycles. The van der Waals surface area contributed by atoms with E-state index in [-0.39, 0.29) is 5.92 Å². The molecule has 0 aliphatic heterocycles. The van der Waals surface area contributed by atoms with Crippen molar-refractivity contribution >= 4 is 10.8 Å². The van der Waals surface area contributed by atoms with E-state index in [1.165, 1.54) is 0 Å². The molecule has 0 saturated heterocycles. The summed E-state index contributed by atoms with van der Waals surface area (Å²) in [5.74, 6) is 0.511. The van der Waals surface area contributed by atoms with Crippen molar-refractivity contribution in [3.05, 3.63) is 54.6 Å². The Morgan fingerprint density at radius 3 is 2.67 bits per heavy atom. The van der Waals surface area contributed by atoms with Crippen LogP contribution in [0.15, 0.2) is 49.1 Å². The summed E-state index contributed by atoms with van der Waals surface area (Å²) < 4.78 is 0. The van der Waals surface area contributed by atoms with Crippen LogP contribution < -0.4 is 0 Å². The summed E-state index contributed by atoms with van der Waals surface area (Å²) in [6.45, 7) is 5.81. The average Bonchev–Trinajstić information content (AvgIpc) is 2.28. The molecule has 1 heteroatoms. The molecule has 2 aromatic rings. The quantitative estimate of drug-likeness (QED) is 0.727. The van der Waals surface area contributed by atoms with Crippen LogP contribution >= 0.6 is 0 Å². The van der Waals surface area contributed by atoms with Crippen LogP contribution in [0.25, 0.3) is 10.8 Å². The first-order chi connectivity index (χ1) is 7.24. The summed E-state index contributed by atoms with van der Waals surface area (Å²) in [5, 5.41) is 12.1. The van der Waals surface area contributed by atoms with E-state index in [4.69, 9.17) is 0 Å². The lowest BCUT2D eigenvalue weighted by atomic mass is 9.94. The summed E-state index contributed by atoms with van der Waals surface area (Å²) in [5.41, 5.74) is 0.961. The molecule has 0 saturated carbocycles. The van der Waals surface area contributed by atoms with Gasteiger partial charge in [0.15, 0.2) is 0 Å². The Morgan fingerprint density at radius 2 is 1.93 bits per heavy atom. The first-order valence-electron chi connectivity index (χ1n) is 5.07. The molecule has 15 heavy (non-hydrogen) atoms. The largest absolute Gasteiger partial charge is 0.508 e. The highest BCUT2D eigenvalue weighted by Gasteiger charge is 2.10. The van der Waals surface area contributed by atoms with E-state index >= 15 is 0 Å². The van der Waals surface area contributed by atoms with Gasteiger partial charge in [0.05, 0.1) is 0 Å². The van der Waals surface area contributed by atoms with Crippen molar-refractivity contribution in [3.63, 3.8) is 0 Å². The molecule has 0 heterocycles. The molecule has 1 atom stereocenters. The fourth-order valence-electron chi connectivity index (χ4n) is 1.88. The van der Waals surface area contributed by atoms with Crippen molar-refractivity contribution in [2.75, 3.05) is 0 Å². The zero-order valence-corrected chi connectivity index (χ0v) is 8.77. The maximum atomic E-state index is 9.86. The lowest BCUT2D eigenvalue weighted by Crippen LogP contribution is -1.91. The first-order valence-corrected chi connectivity index (χ1v) is 5.07. The minimum atomic E-state index is 0.163. The van der Waals surface area contributed by atoms with E-state index in [1.54, 1.807) is 6.07 Å². The molecule has 2 aromatic carbocycles. The van der Waals surface area contributed by atoms with E-state index in [1.807, 2.05) is 43.3 Å². The fourth-order valence-corrected chi connectivity index (χ4v) is 1.88. The summed E-state index contributed by atoms with van der Waals surface area (Å²) in [7, 11) is 0.